The molecule has 154 valence electrons. The Morgan fingerprint density at radius 2 is 1.82 bits per heavy atom. The third kappa shape index (κ3) is 7.03. The summed E-state index contributed by atoms with van der Waals surface area (Å²) in [5.41, 5.74) is 1.51. The number of ether oxygens (including phenoxy) is 3. The van der Waals surface area contributed by atoms with E-state index in [1.807, 2.05) is 43.3 Å². The van der Waals surface area contributed by atoms with Crippen LogP contribution in [0.25, 0.3) is 0 Å². The van der Waals surface area contributed by atoms with Crippen molar-refractivity contribution in [3.05, 3.63) is 48.0 Å². The Bertz CT molecular complexity index is 772. The fraction of sp³-hybridized carbons (Fsp3) is 0.400. The minimum atomic E-state index is -2.15. The summed E-state index contributed by atoms with van der Waals surface area (Å²) >= 11 is -2.15. The molecule has 0 aliphatic rings. The number of rotatable bonds is 12. The predicted octanol–water partition coefficient (Wildman–Crippen LogP) is 3.24. The highest BCUT2D eigenvalue weighted by atomic mass is 32.2. The van der Waals surface area contributed by atoms with E-state index in [9.17, 15) is 4.21 Å². The Morgan fingerprint density at radius 1 is 1.11 bits per heavy atom. The molecule has 2 aromatic carbocycles. The Morgan fingerprint density at radius 3 is 2.46 bits per heavy atom. The van der Waals surface area contributed by atoms with Gasteiger partial charge in [-0.2, -0.15) is 0 Å². The van der Waals surface area contributed by atoms with Crippen LogP contribution in [0.15, 0.2) is 42.5 Å². The summed E-state index contributed by atoms with van der Waals surface area (Å²) < 4.78 is 39.1. The maximum Gasteiger partial charge on any atom is 0.259 e. The summed E-state index contributed by atoms with van der Waals surface area (Å²) in [4.78, 5) is 0. The Labute approximate surface area is 168 Å². The molecule has 2 atom stereocenters. The van der Waals surface area contributed by atoms with Crippen LogP contribution in [0.2, 0.25) is 0 Å². The zero-order valence-electron chi connectivity index (χ0n) is 16.4. The molecule has 0 spiro atoms. The number of benzene rings is 2. The minimum Gasteiger partial charge on any atom is -0.495 e. The minimum absolute atomic E-state index is 0.201. The van der Waals surface area contributed by atoms with Gasteiger partial charge < -0.3 is 19.5 Å². The van der Waals surface area contributed by atoms with Crippen molar-refractivity contribution in [2.45, 2.75) is 26.3 Å². The van der Waals surface area contributed by atoms with E-state index in [0.717, 1.165) is 23.5 Å². The van der Waals surface area contributed by atoms with E-state index in [1.54, 1.807) is 6.07 Å². The summed E-state index contributed by atoms with van der Waals surface area (Å²) in [6, 6.07) is 13.4. The van der Waals surface area contributed by atoms with E-state index in [-0.39, 0.29) is 6.04 Å². The van der Waals surface area contributed by atoms with Gasteiger partial charge in [0, 0.05) is 12.6 Å². The first-order valence-electron chi connectivity index (χ1n) is 9.16. The number of para-hydroxylation sites is 2. The van der Waals surface area contributed by atoms with Crippen LogP contribution in [0, 0.1) is 0 Å². The first-order chi connectivity index (χ1) is 13.5. The first-order valence-corrected chi connectivity index (χ1v) is 10.3. The average Bonchev–Trinajstić information content (AvgIpc) is 2.66. The van der Waals surface area contributed by atoms with Crippen LogP contribution in [0.5, 0.6) is 17.2 Å². The topological polar surface area (TPSA) is 89.0 Å². The van der Waals surface area contributed by atoms with Crippen molar-refractivity contribution in [2.75, 3.05) is 31.6 Å². The standard InChI is InChI=1S/C20H28N2O5S/c1-4-26-19-7-5-6-8-20(19)27-12-11-21-15(2)13-16-9-10-18(25-3)17(14-16)22-28(23)24/h5-10,14-15,21-22H,4,11-13H2,1-3H3,(H,23,24)/t15-/m1/s1. The zero-order valence-corrected chi connectivity index (χ0v) is 17.3. The van der Waals surface area contributed by atoms with Crippen LogP contribution in [0.1, 0.15) is 19.4 Å². The summed E-state index contributed by atoms with van der Waals surface area (Å²) in [5, 5.41) is 3.41. The first kappa shape index (κ1) is 22.0. The molecule has 0 amide bonds. The fourth-order valence-corrected chi connectivity index (χ4v) is 3.14. The van der Waals surface area contributed by atoms with Crippen LogP contribution in [-0.4, -0.2) is 41.7 Å². The van der Waals surface area contributed by atoms with Crippen molar-refractivity contribution in [1.82, 2.24) is 5.32 Å². The van der Waals surface area contributed by atoms with Crippen molar-refractivity contribution in [3.8, 4) is 17.2 Å². The van der Waals surface area contributed by atoms with Crippen molar-refractivity contribution in [1.29, 1.82) is 0 Å². The second-order valence-corrected chi connectivity index (χ2v) is 6.88. The molecule has 0 aliphatic heterocycles. The van der Waals surface area contributed by atoms with Crippen molar-refractivity contribution in [3.63, 3.8) is 0 Å². The van der Waals surface area contributed by atoms with E-state index in [4.69, 9.17) is 18.8 Å². The highest BCUT2D eigenvalue weighted by molar-refractivity contribution is 7.80. The van der Waals surface area contributed by atoms with E-state index < -0.39 is 11.3 Å². The van der Waals surface area contributed by atoms with E-state index in [1.165, 1.54) is 7.11 Å². The van der Waals surface area contributed by atoms with Crippen molar-refractivity contribution < 1.29 is 23.0 Å². The Kier molecular flexibility index (Phi) is 9.06. The SMILES string of the molecule is CCOc1ccccc1OCCN[C@H](C)Cc1ccc(OC)c(NS(=O)O)c1. The molecule has 3 N–H and O–H groups in total. The summed E-state index contributed by atoms with van der Waals surface area (Å²) in [7, 11) is 1.52. The van der Waals surface area contributed by atoms with Gasteiger partial charge in [-0.3, -0.25) is 9.27 Å². The molecule has 1 unspecified atom stereocenters. The molecule has 0 aliphatic carbocycles. The maximum atomic E-state index is 11.0. The zero-order chi connectivity index (χ0) is 20.4. The molecule has 0 aromatic heterocycles. The third-order valence-electron chi connectivity index (χ3n) is 4.00. The largest absolute Gasteiger partial charge is 0.495 e. The molecule has 0 saturated heterocycles. The van der Waals surface area contributed by atoms with Gasteiger partial charge in [-0.05, 0) is 50.1 Å². The van der Waals surface area contributed by atoms with E-state index >= 15 is 0 Å². The van der Waals surface area contributed by atoms with Crippen LogP contribution in [0.3, 0.4) is 0 Å². The lowest BCUT2D eigenvalue weighted by atomic mass is 10.1. The maximum absolute atomic E-state index is 11.0. The molecule has 2 aromatic rings. The van der Waals surface area contributed by atoms with Crippen molar-refractivity contribution >= 4 is 17.0 Å². The molecular formula is C20H28N2O5S. The van der Waals surface area contributed by atoms with Gasteiger partial charge in [-0.15, -0.1) is 0 Å². The fourth-order valence-electron chi connectivity index (χ4n) is 2.79. The number of anilines is 1. The van der Waals surface area contributed by atoms with Crippen LogP contribution < -0.4 is 24.2 Å². The van der Waals surface area contributed by atoms with Crippen LogP contribution in [0.4, 0.5) is 5.69 Å². The molecule has 2 rings (SSSR count). The lowest BCUT2D eigenvalue weighted by molar-refractivity contribution is 0.272. The number of hydrogen-bond acceptors (Lipinski definition) is 5. The van der Waals surface area contributed by atoms with Gasteiger partial charge in [-0.1, -0.05) is 18.2 Å². The number of hydrogen-bond donors (Lipinski definition) is 3. The molecule has 0 bridgehead atoms. The highest BCUT2D eigenvalue weighted by Gasteiger charge is 2.09. The Hall–Kier alpha value is -2.29. The Balaban J connectivity index is 1.83. The second kappa shape index (κ2) is 11.5. The van der Waals surface area contributed by atoms with E-state index in [0.29, 0.717) is 31.2 Å². The molecule has 8 heteroatoms. The lowest BCUT2D eigenvalue weighted by Gasteiger charge is -2.17. The molecular weight excluding hydrogens is 380 g/mol. The van der Waals surface area contributed by atoms with Gasteiger partial charge in [0.2, 0.25) is 0 Å². The second-order valence-electron chi connectivity index (χ2n) is 6.17. The van der Waals surface area contributed by atoms with Crippen LogP contribution >= 0.6 is 0 Å². The molecule has 0 fully saturated rings. The molecule has 7 nitrogen and oxygen atoms in total. The van der Waals surface area contributed by atoms with Gasteiger partial charge >= 0.3 is 0 Å². The average molecular weight is 409 g/mol. The van der Waals surface area contributed by atoms with Gasteiger partial charge in [0.1, 0.15) is 12.4 Å². The lowest BCUT2D eigenvalue weighted by Crippen LogP contribution is -2.31. The number of methoxy groups -OCH3 is 1. The molecule has 28 heavy (non-hydrogen) atoms. The van der Waals surface area contributed by atoms with Crippen molar-refractivity contribution in [2.24, 2.45) is 0 Å². The number of nitrogens with one attached hydrogen (secondary N) is 2. The summed E-state index contributed by atoms with van der Waals surface area (Å²) in [6.45, 7) is 5.82. The third-order valence-corrected chi connectivity index (χ3v) is 4.40. The molecule has 0 heterocycles. The normalized spacial score (nSPS) is 12.9. The van der Waals surface area contributed by atoms with Crippen LogP contribution in [-0.2, 0) is 17.7 Å². The predicted molar refractivity (Wildman–Crippen MR) is 112 cm³/mol. The quantitative estimate of drug-likeness (QED) is 0.369. The molecule has 0 radical (unpaired) electrons. The monoisotopic (exact) mass is 408 g/mol. The van der Waals surface area contributed by atoms with Gasteiger partial charge in [-0.25, -0.2) is 4.21 Å². The van der Waals surface area contributed by atoms with Gasteiger partial charge in [0.15, 0.2) is 11.5 Å². The summed E-state index contributed by atoms with van der Waals surface area (Å²) in [5.74, 6) is 2.01. The van der Waals surface area contributed by atoms with E-state index in [2.05, 4.69) is 17.0 Å². The summed E-state index contributed by atoms with van der Waals surface area (Å²) in [6.07, 6.45) is 0.756. The van der Waals surface area contributed by atoms with Gasteiger partial charge in [0.25, 0.3) is 11.3 Å². The smallest absolute Gasteiger partial charge is 0.259 e. The molecule has 0 saturated carbocycles. The highest BCUT2D eigenvalue weighted by Crippen LogP contribution is 2.27. The van der Waals surface area contributed by atoms with Gasteiger partial charge in [0.05, 0.1) is 19.4 Å².